The van der Waals surface area contributed by atoms with Gasteiger partial charge in [-0.05, 0) is 25.2 Å². The lowest BCUT2D eigenvalue weighted by Gasteiger charge is -2.12. The minimum atomic E-state index is -4.88. The summed E-state index contributed by atoms with van der Waals surface area (Å²) < 4.78 is 75.2. The number of benzene rings is 1. The van der Waals surface area contributed by atoms with Gasteiger partial charge in [-0.3, -0.25) is 4.72 Å². The fourth-order valence-corrected chi connectivity index (χ4v) is 2.33. The van der Waals surface area contributed by atoms with Gasteiger partial charge >= 0.3 is 6.18 Å². The maximum absolute atomic E-state index is 13.0. The number of sulfonamides is 1. The number of nitrogens with one attached hydrogen (secondary N) is 2. The summed E-state index contributed by atoms with van der Waals surface area (Å²) in [6.07, 6.45) is -4.88. The molecule has 0 fully saturated rings. The van der Waals surface area contributed by atoms with Gasteiger partial charge in [0.25, 0.3) is 0 Å². The highest BCUT2D eigenvalue weighted by Gasteiger charge is 2.34. The Bertz CT molecular complexity index is 543. The van der Waals surface area contributed by atoms with Gasteiger partial charge in [0.2, 0.25) is 10.0 Å². The molecule has 4 nitrogen and oxygen atoms in total. The lowest BCUT2D eigenvalue weighted by molar-refractivity contribution is -0.139. The normalized spacial score (nSPS) is 12.5. The number of alkyl halides is 3. The summed E-state index contributed by atoms with van der Waals surface area (Å²) in [6.45, 7) is 0.142. The number of halogens is 4. The van der Waals surface area contributed by atoms with Gasteiger partial charge in [-0.25, -0.2) is 12.8 Å². The van der Waals surface area contributed by atoms with E-state index in [4.69, 9.17) is 0 Å². The minimum Gasteiger partial charge on any atom is -0.319 e. The van der Waals surface area contributed by atoms with Gasteiger partial charge in [0.15, 0.2) is 0 Å². The van der Waals surface area contributed by atoms with E-state index in [1.165, 1.54) is 7.05 Å². The van der Waals surface area contributed by atoms with Crippen LogP contribution in [0, 0.1) is 5.82 Å². The van der Waals surface area contributed by atoms with E-state index < -0.39 is 27.6 Å². The molecule has 1 aromatic rings. The Hall–Kier alpha value is -1.35. The maximum Gasteiger partial charge on any atom is 0.419 e. The van der Waals surface area contributed by atoms with E-state index in [2.05, 4.69) is 5.32 Å². The van der Waals surface area contributed by atoms with E-state index in [-0.39, 0.29) is 18.0 Å². The monoisotopic (exact) mass is 300 g/mol. The zero-order chi connectivity index (χ0) is 14.7. The molecule has 0 spiro atoms. The van der Waals surface area contributed by atoms with Gasteiger partial charge in [0, 0.05) is 12.2 Å². The van der Waals surface area contributed by atoms with Gasteiger partial charge in [0.1, 0.15) is 5.82 Å². The number of hydrogen-bond acceptors (Lipinski definition) is 3. The predicted molar refractivity (Wildman–Crippen MR) is 62.7 cm³/mol. The Balaban J connectivity index is 2.98. The molecule has 19 heavy (non-hydrogen) atoms. The van der Waals surface area contributed by atoms with E-state index in [1.807, 2.05) is 4.72 Å². The third-order valence-corrected chi connectivity index (χ3v) is 3.45. The number of hydrogen-bond donors (Lipinski definition) is 2. The molecule has 0 radical (unpaired) electrons. The van der Waals surface area contributed by atoms with Crippen LogP contribution in [0.3, 0.4) is 0 Å². The van der Waals surface area contributed by atoms with Crippen LogP contribution in [0.25, 0.3) is 0 Å². The lowest BCUT2D eigenvalue weighted by Crippen LogP contribution is -2.24. The molecule has 0 heterocycles. The molecule has 0 amide bonds. The minimum absolute atomic E-state index is 0.142. The van der Waals surface area contributed by atoms with Crippen LogP contribution in [0.5, 0.6) is 0 Å². The van der Waals surface area contributed by atoms with Crippen molar-refractivity contribution in [1.82, 2.24) is 5.32 Å². The van der Waals surface area contributed by atoms with Crippen LogP contribution in [0.15, 0.2) is 18.2 Å². The first-order valence-electron chi connectivity index (χ1n) is 5.17. The highest BCUT2D eigenvalue weighted by Crippen LogP contribution is 2.33. The molecule has 0 bridgehead atoms. The van der Waals surface area contributed by atoms with Gasteiger partial charge in [-0.1, -0.05) is 0 Å². The van der Waals surface area contributed by atoms with E-state index in [1.54, 1.807) is 0 Å². The van der Waals surface area contributed by atoms with E-state index in [9.17, 15) is 26.0 Å². The lowest BCUT2D eigenvalue weighted by atomic mass is 10.2. The van der Waals surface area contributed by atoms with Crippen molar-refractivity contribution in [2.45, 2.75) is 6.18 Å². The van der Waals surface area contributed by atoms with Gasteiger partial charge in [-0.15, -0.1) is 0 Å². The molecule has 108 valence electrons. The van der Waals surface area contributed by atoms with Crippen molar-refractivity contribution in [3.63, 3.8) is 0 Å². The maximum atomic E-state index is 13.0. The Morgan fingerprint density at radius 2 is 1.89 bits per heavy atom. The van der Waals surface area contributed by atoms with Crippen LogP contribution in [-0.2, 0) is 16.2 Å². The SMILES string of the molecule is CNCCS(=O)(=O)Nc1ccc(F)c(C(F)(F)F)c1. The van der Waals surface area contributed by atoms with Crippen molar-refractivity contribution in [3.05, 3.63) is 29.6 Å². The summed E-state index contributed by atoms with van der Waals surface area (Å²) in [5.74, 6) is -1.76. The summed E-state index contributed by atoms with van der Waals surface area (Å²) in [6, 6.07) is 1.92. The van der Waals surface area contributed by atoms with Crippen molar-refractivity contribution in [3.8, 4) is 0 Å². The second-order valence-corrected chi connectivity index (χ2v) is 5.56. The first-order chi connectivity index (χ1) is 8.65. The summed E-state index contributed by atoms with van der Waals surface area (Å²) in [5.41, 5.74) is -1.84. The molecule has 0 aliphatic rings. The molecule has 0 aromatic heterocycles. The van der Waals surface area contributed by atoms with Gasteiger partial charge < -0.3 is 5.32 Å². The van der Waals surface area contributed by atoms with Gasteiger partial charge in [-0.2, -0.15) is 13.2 Å². The van der Waals surface area contributed by atoms with Crippen molar-refractivity contribution in [2.75, 3.05) is 24.1 Å². The largest absolute Gasteiger partial charge is 0.419 e. The number of rotatable bonds is 5. The number of anilines is 1. The molecular weight excluding hydrogens is 288 g/mol. The first kappa shape index (κ1) is 15.7. The molecule has 2 N–H and O–H groups in total. The molecule has 0 aliphatic carbocycles. The Morgan fingerprint density at radius 3 is 2.42 bits per heavy atom. The van der Waals surface area contributed by atoms with E-state index in [0.29, 0.717) is 12.1 Å². The Kier molecular flexibility index (Phi) is 4.75. The van der Waals surface area contributed by atoms with Crippen LogP contribution in [0.2, 0.25) is 0 Å². The molecule has 0 atom stereocenters. The smallest absolute Gasteiger partial charge is 0.319 e. The highest BCUT2D eigenvalue weighted by molar-refractivity contribution is 7.92. The topological polar surface area (TPSA) is 58.2 Å². The standard InChI is InChI=1S/C10H12F4N2O2S/c1-15-4-5-19(17,18)16-7-2-3-9(11)8(6-7)10(12,13)14/h2-3,6,15-16H,4-5H2,1H3. The Morgan fingerprint density at radius 1 is 1.26 bits per heavy atom. The van der Waals surface area contributed by atoms with Crippen LogP contribution in [0.4, 0.5) is 23.2 Å². The summed E-state index contributed by atoms with van der Waals surface area (Å²) in [5, 5.41) is 2.60. The average Bonchev–Trinajstić information content (AvgIpc) is 2.27. The molecular formula is C10H12F4N2O2S. The van der Waals surface area contributed by atoms with E-state index in [0.717, 1.165) is 6.07 Å². The second kappa shape index (κ2) is 5.74. The molecule has 9 heteroatoms. The first-order valence-corrected chi connectivity index (χ1v) is 6.83. The molecule has 1 aromatic carbocycles. The summed E-state index contributed by atoms with van der Waals surface area (Å²) in [7, 11) is -2.24. The Labute approximate surface area is 107 Å². The molecule has 0 saturated carbocycles. The third-order valence-electron chi connectivity index (χ3n) is 2.17. The van der Waals surface area contributed by atoms with Crippen molar-refractivity contribution >= 4 is 15.7 Å². The fourth-order valence-electron chi connectivity index (χ4n) is 1.27. The quantitative estimate of drug-likeness (QED) is 0.815. The van der Waals surface area contributed by atoms with Crippen molar-refractivity contribution < 1.29 is 26.0 Å². The summed E-state index contributed by atoms with van der Waals surface area (Å²) in [4.78, 5) is 0. The second-order valence-electron chi connectivity index (χ2n) is 3.72. The van der Waals surface area contributed by atoms with Crippen LogP contribution < -0.4 is 10.0 Å². The molecule has 1 rings (SSSR count). The fraction of sp³-hybridized carbons (Fsp3) is 0.400. The van der Waals surface area contributed by atoms with Gasteiger partial charge in [0.05, 0.1) is 11.3 Å². The molecule has 0 aliphatic heterocycles. The van der Waals surface area contributed by atoms with Crippen LogP contribution in [0.1, 0.15) is 5.56 Å². The molecule has 0 unspecified atom stereocenters. The van der Waals surface area contributed by atoms with Crippen LogP contribution in [-0.4, -0.2) is 27.8 Å². The summed E-state index contributed by atoms with van der Waals surface area (Å²) >= 11 is 0. The average molecular weight is 300 g/mol. The molecule has 0 saturated heterocycles. The zero-order valence-electron chi connectivity index (χ0n) is 9.88. The van der Waals surface area contributed by atoms with Crippen molar-refractivity contribution in [2.24, 2.45) is 0 Å². The third kappa shape index (κ3) is 4.67. The predicted octanol–water partition coefficient (Wildman–Crippen LogP) is 1.81. The van der Waals surface area contributed by atoms with Crippen LogP contribution >= 0.6 is 0 Å². The zero-order valence-corrected chi connectivity index (χ0v) is 10.7. The van der Waals surface area contributed by atoms with E-state index >= 15 is 0 Å². The highest BCUT2D eigenvalue weighted by atomic mass is 32.2. The van der Waals surface area contributed by atoms with Crippen molar-refractivity contribution in [1.29, 1.82) is 0 Å².